The van der Waals surface area contributed by atoms with Crippen LogP contribution in [0.3, 0.4) is 0 Å². The van der Waals surface area contributed by atoms with Gasteiger partial charge >= 0.3 is 0 Å². The lowest BCUT2D eigenvalue weighted by atomic mass is 10.1. The lowest BCUT2D eigenvalue weighted by molar-refractivity contribution is 0.934. The van der Waals surface area contributed by atoms with E-state index >= 15 is 0 Å². The topological polar surface area (TPSA) is 47.8 Å². The molecule has 0 aliphatic heterocycles. The van der Waals surface area contributed by atoms with Crippen LogP contribution in [0.25, 0.3) is 28.7 Å². The van der Waals surface area contributed by atoms with Crippen molar-refractivity contribution in [1.29, 1.82) is 0 Å². The Morgan fingerprint density at radius 2 is 1.81 bits per heavy atom. The predicted molar refractivity (Wildman–Crippen MR) is 110 cm³/mol. The molecular formula is C22H16ClN3O. The maximum Gasteiger partial charge on any atom is 0.266 e. The van der Waals surface area contributed by atoms with Crippen molar-refractivity contribution in [2.75, 3.05) is 0 Å². The van der Waals surface area contributed by atoms with Gasteiger partial charge in [0, 0.05) is 11.2 Å². The molecule has 5 heteroatoms. The van der Waals surface area contributed by atoms with Crippen molar-refractivity contribution in [3.63, 3.8) is 0 Å². The summed E-state index contributed by atoms with van der Waals surface area (Å²) in [7, 11) is 0. The number of hydrogen-bond acceptors (Lipinski definition) is 3. The number of hydrogen-bond donors (Lipinski definition) is 0. The van der Waals surface area contributed by atoms with Crippen LogP contribution >= 0.6 is 11.6 Å². The summed E-state index contributed by atoms with van der Waals surface area (Å²) < 4.78 is 1.62. The van der Waals surface area contributed by atoms with Gasteiger partial charge in [-0.1, -0.05) is 35.9 Å². The molecule has 0 amide bonds. The molecule has 0 N–H and O–H groups in total. The van der Waals surface area contributed by atoms with E-state index in [1.807, 2.05) is 61.5 Å². The van der Waals surface area contributed by atoms with Crippen LogP contribution in [0.1, 0.15) is 17.1 Å². The largest absolute Gasteiger partial charge is 0.268 e. The molecule has 2 aromatic heterocycles. The first-order valence-electron chi connectivity index (χ1n) is 8.51. The first-order valence-corrected chi connectivity index (χ1v) is 8.89. The van der Waals surface area contributed by atoms with E-state index in [1.54, 1.807) is 29.0 Å². The summed E-state index contributed by atoms with van der Waals surface area (Å²) in [6.07, 6.45) is 5.38. The van der Waals surface area contributed by atoms with Crippen LogP contribution in [0, 0.1) is 6.92 Å². The van der Waals surface area contributed by atoms with Crippen LogP contribution in [-0.4, -0.2) is 14.5 Å². The van der Waals surface area contributed by atoms with Crippen LogP contribution < -0.4 is 5.56 Å². The normalized spacial score (nSPS) is 11.3. The highest BCUT2D eigenvalue weighted by molar-refractivity contribution is 6.31. The van der Waals surface area contributed by atoms with Crippen LogP contribution in [0.15, 0.2) is 71.7 Å². The molecule has 4 nitrogen and oxygen atoms in total. The fourth-order valence-electron chi connectivity index (χ4n) is 2.97. The number of rotatable bonds is 3. The minimum absolute atomic E-state index is 0.155. The number of aromatic nitrogens is 3. The van der Waals surface area contributed by atoms with Crippen molar-refractivity contribution in [1.82, 2.24) is 14.5 Å². The summed E-state index contributed by atoms with van der Waals surface area (Å²) in [6, 6.07) is 18.6. The van der Waals surface area contributed by atoms with Crippen molar-refractivity contribution in [3.8, 4) is 5.69 Å². The van der Waals surface area contributed by atoms with Gasteiger partial charge in [0.2, 0.25) is 0 Å². The zero-order valence-corrected chi connectivity index (χ0v) is 15.4. The summed E-state index contributed by atoms with van der Waals surface area (Å²) in [5.41, 5.74) is 3.01. The van der Waals surface area contributed by atoms with Crippen LogP contribution in [0.2, 0.25) is 5.02 Å². The standard InChI is InChI=1S/C22H16ClN3O/c1-15-6-2-3-8-20(15)26-21(12-10-17-7-4-5-13-24-17)25-19-11-9-16(23)14-18(19)22(26)27/h2-14H,1H3/b12-10+. The van der Waals surface area contributed by atoms with E-state index in [-0.39, 0.29) is 5.56 Å². The van der Waals surface area contributed by atoms with E-state index in [0.717, 1.165) is 16.9 Å². The number of benzene rings is 2. The Balaban J connectivity index is 2.00. The van der Waals surface area contributed by atoms with E-state index in [4.69, 9.17) is 16.6 Å². The summed E-state index contributed by atoms with van der Waals surface area (Å²) in [5, 5.41) is 0.996. The van der Waals surface area contributed by atoms with Gasteiger partial charge in [0.05, 0.1) is 22.3 Å². The molecule has 0 unspecified atom stereocenters. The maximum absolute atomic E-state index is 13.3. The Hall–Kier alpha value is -3.24. The van der Waals surface area contributed by atoms with Crippen molar-refractivity contribution < 1.29 is 0 Å². The maximum atomic E-state index is 13.3. The lowest BCUT2D eigenvalue weighted by Crippen LogP contribution is -2.23. The molecule has 0 radical (unpaired) electrons. The summed E-state index contributed by atoms with van der Waals surface area (Å²) in [6.45, 7) is 1.97. The highest BCUT2D eigenvalue weighted by atomic mass is 35.5. The summed E-state index contributed by atoms with van der Waals surface area (Å²) >= 11 is 6.10. The quantitative estimate of drug-likeness (QED) is 0.512. The molecule has 4 rings (SSSR count). The zero-order chi connectivity index (χ0) is 18.8. The molecule has 4 aromatic rings. The second kappa shape index (κ2) is 7.17. The minimum atomic E-state index is -0.155. The van der Waals surface area contributed by atoms with Crippen molar-refractivity contribution in [2.45, 2.75) is 6.92 Å². The molecule has 0 saturated heterocycles. The van der Waals surface area contributed by atoms with Gasteiger partial charge in [-0.05, 0) is 61.0 Å². The lowest BCUT2D eigenvalue weighted by Gasteiger charge is -2.13. The molecule has 0 aliphatic rings. The van der Waals surface area contributed by atoms with Gasteiger partial charge < -0.3 is 0 Å². The van der Waals surface area contributed by atoms with Crippen molar-refractivity contribution in [3.05, 3.63) is 99.3 Å². The highest BCUT2D eigenvalue weighted by Gasteiger charge is 2.13. The fraction of sp³-hybridized carbons (Fsp3) is 0.0455. The first kappa shape index (κ1) is 17.2. The van der Waals surface area contributed by atoms with Crippen LogP contribution in [0.4, 0.5) is 0 Å². The molecule has 0 bridgehead atoms. The number of halogens is 1. The molecule has 0 aliphatic carbocycles. The number of para-hydroxylation sites is 1. The predicted octanol–water partition coefficient (Wildman–Crippen LogP) is 4.91. The average molecular weight is 374 g/mol. The Kier molecular flexibility index (Phi) is 4.57. The number of nitrogens with zero attached hydrogens (tertiary/aromatic N) is 3. The van der Waals surface area contributed by atoms with Gasteiger partial charge in [-0.25, -0.2) is 4.98 Å². The molecular weight excluding hydrogens is 358 g/mol. The molecule has 2 aromatic carbocycles. The molecule has 2 heterocycles. The van der Waals surface area contributed by atoms with E-state index in [1.165, 1.54) is 0 Å². The monoisotopic (exact) mass is 373 g/mol. The molecule has 0 fully saturated rings. The first-order chi connectivity index (χ1) is 13.1. The minimum Gasteiger partial charge on any atom is -0.268 e. The molecule has 27 heavy (non-hydrogen) atoms. The molecule has 0 atom stereocenters. The third-order valence-electron chi connectivity index (χ3n) is 4.30. The molecule has 0 saturated carbocycles. The third kappa shape index (κ3) is 3.39. The van der Waals surface area contributed by atoms with Gasteiger partial charge in [0.15, 0.2) is 0 Å². The summed E-state index contributed by atoms with van der Waals surface area (Å²) in [5.74, 6) is 0.537. The van der Waals surface area contributed by atoms with Gasteiger partial charge in [-0.2, -0.15) is 0 Å². The SMILES string of the molecule is Cc1ccccc1-n1c(/C=C/c2ccccn2)nc2ccc(Cl)cc2c1=O. The number of fused-ring (bicyclic) bond motifs is 1. The Morgan fingerprint density at radius 1 is 1.00 bits per heavy atom. The average Bonchev–Trinajstić information content (AvgIpc) is 2.69. The Morgan fingerprint density at radius 3 is 2.59 bits per heavy atom. The van der Waals surface area contributed by atoms with Gasteiger partial charge in [0.1, 0.15) is 5.82 Å². The van der Waals surface area contributed by atoms with Crippen molar-refractivity contribution in [2.24, 2.45) is 0 Å². The van der Waals surface area contributed by atoms with Crippen molar-refractivity contribution >= 4 is 34.7 Å². The third-order valence-corrected chi connectivity index (χ3v) is 4.54. The van der Waals surface area contributed by atoms with Gasteiger partial charge in [0.25, 0.3) is 5.56 Å². The molecule has 132 valence electrons. The second-order valence-electron chi connectivity index (χ2n) is 6.15. The van der Waals surface area contributed by atoms with Gasteiger partial charge in [-0.3, -0.25) is 14.3 Å². The zero-order valence-electron chi connectivity index (χ0n) is 14.6. The van der Waals surface area contributed by atoms with E-state index in [0.29, 0.717) is 21.7 Å². The van der Waals surface area contributed by atoms with E-state index < -0.39 is 0 Å². The fourth-order valence-corrected chi connectivity index (χ4v) is 3.14. The Labute approximate surface area is 161 Å². The van der Waals surface area contributed by atoms with Crippen LogP contribution in [-0.2, 0) is 0 Å². The number of aryl methyl sites for hydroxylation is 1. The Bertz CT molecular complexity index is 1210. The smallest absolute Gasteiger partial charge is 0.266 e. The summed E-state index contributed by atoms with van der Waals surface area (Å²) in [4.78, 5) is 22.3. The molecule has 0 spiro atoms. The van der Waals surface area contributed by atoms with Crippen LogP contribution in [0.5, 0.6) is 0 Å². The second-order valence-corrected chi connectivity index (χ2v) is 6.58. The van der Waals surface area contributed by atoms with E-state index in [2.05, 4.69) is 4.98 Å². The highest BCUT2D eigenvalue weighted by Crippen LogP contribution is 2.20. The van der Waals surface area contributed by atoms with E-state index in [9.17, 15) is 4.79 Å². The van der Waals surface area contributed by atoms with Gasteiger partial charge in [-0.15, -0.1) is 0 Å². The number of pyridine rings is 1.